The first-order chi connectivity index (χ1) is 7.34. The molecule has 0 aromatic carbocycles. The number of aliphatic carboxylic acids is 1. The molecule has 0 saturated carbocycles. The van der Waals surface area contributed by atoms with Crippen molar-refractivity contribution < 1.29 is 28.2 Å². The molecule has 0 atom stereocenters. The van der Waals surface area contributed by atoms with Gasteiger partial charge in [-0.05, 0) is 11.4 Å². The lowest BCUT2D eigenvalue weighted by molar-refractivity contribution is -0.135. The zero-order valence-electron chi connectivity index (χ0n) is 7.71. The lowest BCUT2D eigenvalue weighted by atomic mass is 10.5. The smallest absolute Gasteiger partial charge is 0.347 e. The number of rotatable bonds is 5. The van der Waals surface area contributed by atoms with Crippen LogP contribution >= 0.6 is 11.3 Å². The molecule has 0 saturated heterocycles. The molecule has 1 heterocycles. The van der Waals surface area contributed by atoms with Crippen molar-refractivity contribution in [2.24, 2.45) is 0 Å². The summed E-state index contributed by atoms with van der Waals surface area (Å²) >= 11 is 0.753. The van der Waals surface area contributed by atoms with Crippen molar-refractivity contribution in [2.45, 2.75) is 4.90 Å². The lowest BCUT2D eigenvalue weighted by Crippen LogP contribution is -2.30. The number of nitrogens with one attached hydrogen (secondary N) is 1. The summed E-state index contributed by atoms with van der Waals surface area (Å²) in [7, 11) is -4.09. The Morgan fingerprint density at radius 1 is 1.38 bits per heavy atom. The molecular weight excluding hydrogens is 258 g/mol. The molecule has 1 aromatic heterocycles. The topological polar surface area (TPSA) is 121 Å². The summed E-state index contributed by atoms with van der Waals surface area (Å²) in [6.07, 6.45) is 0. The second-order valence-corrected chi connectivity index (χ2v) is 5.29. The molecular formula is C7H7NO6S2. The maximum atomic E-state index is 11.5. The Morgan fingerprint density at radius 2 is 2.00 bits per heavy atom. The van der Waals surface area contributed by atoms with Gasteiger partial charge in [0.1, 0.15) is 16.3 Å². The molecule has 0 aliphatic carbocycles. The van der Waals surface area contributed by atoms with Crippen LogP contribution in [0.4, 0.5) is 0 Å². The molecule has 1 aromatic rings. The Kier molecular flexibility index (Phi) is 3.62. The second kappa shape index (κ2) is 4.60. The van der Waals surface area contributed by atoms with E-state index < -0.39 is 33.4 Å². The molecule has 88 valence electrons. The summed E-state index contributed by atoms with van der Waals surface area (Å²) in [5.74, 6) is -2.72. The third kappa shape index (κ3) is 2.78. The molecule has 7 nitrogen and oxygen atoms in total. The molecule has 9 heteroatoms. The van der Waals surface area contributed by atoms with Crippen molar-refractivity contribution in [1.82, 2.24) is 4.72 Å². The number of thiophene rings is 1. The third-order valence-corrected chi connectivity index (χ3v) is 4.00. The first-order valence-electron chi connectivity index (χ1n) is 3.87. The SMILES string of the molecule is O=C(O)CNS(=O)(=O)c1ccsc1C(=O)O. The fourth-order valence-corrected chi connectivity index (χ4v) is 3.13. The Bertz CT molecular complexity index is 517. The summed E-state index contributed by atoms with van der Waals surface area (Å²) in [5.41, 5.74) is 0. The Morgan fingerprint density at radius 3 is 2.50 bits per heavy atom. The van der Waals surface area contributed by atoms with Crippen LogP contribution in [0, 0.1) is 0 Å². The van der Waals surface area contributed by atoms with E-state index >= 15 is 0 Å². The predicted molar refractivity (Wildman–Crippen MR) is 54.1 cm³/mol. The highest BCUT2D eigenvalue weighted by Gasteiger charge is 2.23. The van der Waals surface area contributed by atoms with Gasteiger partial charge in [-0.25, -0.2) is 13.2 Å². The van der Waals surface area contributed by atoms with Gasteiger partial charge in [-0.15, -0.1) is 11.3 Å². The quantitative estimate of drug-likeness (QED) is 0.678. The molecule has 0 aliphatic heterocycles. The second-order valence-electron chi connectivity index (χ2n) is 2.64. The average Bonchev–Trinajstić information content (AvgIpc) is 2.63. The van der Waals surface area contributed by atoms with Gasteiger partial charge in [0, 0.05) is 0 Å². The number of carbonyl (C=O) groups is 2. The van der Waals surface area contributed by atoms with E-state index in [1.54, 1.807) is 4.72 Å². The molecule has 0 fully saturated rings. The van der Waals surface area contributed by atoms with Gasteiger partial charge in [0.05, 0.1) is 0 Å². The number of sulfonamides is 1. The van der Waals surface area contributed by atoms with Gasteiger partial charge in [0.15, 0.2) is 0 Å². The summed E-state index contributed by atoms with van der Waals surface area (Å²) in [6.45, 7) is -0.794. The molecule has 1 rings (SSSR count). The number of carboxylic acid groups (broad SMARTS) is 2. The summed E-state index contributed by atoms with van der Waals surface area (Å²) in [5, 5.41) is 18.3. The zero-order chi connectivity index (χ0) is 12.3. The highest BCUT2D eigenvalue weighted by Crippen LogP contribution is 2.21. The number of aromatic carboxylic acids is 1. The van der Waals surface area contributed by atoms with Crippen LogP contribution in [0.5, 0.6) is 0 Å². The molecule has 0 bridgehead atoms. The van der Waals surface area contributed by atoms with Gasteiger partial charge in [-0.1, -0.05) is 0 Å². The van der Waals surface area contributed by atoms with Crippen molar-refractivity contribution in [3.63, 3.8) is 0 Å². The van der Waals surface area contributed by atoms with Crippen LogP contribution in [0.1, 0.15) is 9.67 Å². The molecule has 0 amide bonds. The maximum absolute atomic E-state index is 11.5. The van der Waals surface area contributed by atoms with E-state index in [4.69, 9.17) is 10.2 Å². The van der Waals surface area contributed by atoms with Gasteiger partial charge in [0.25, 0.3) is 0 Å². The van der Waals surface area contributed by atoms with Gasteiger partial charge < -0.3 is 10.2 Å². The van der Waals surface area contributed by atoms with Gasteiger partial charge in [-0.3, -0.25) is 4.79 Å². The Labute approximate surface area is 94.4 Å². The van der Waals surface area contributed by atoms with Crippen LogP contribution in [0.2, 0.25) is 0 Å². The van der Waals surface area contributed by atoms with Crippen molar-refractivity contribution in [1.29, 1.82) is 0 Å². The van der Waals surface area contributed by atoms with E-state index in [2.05, 4.69) is 0 Å². The summed E-state index contributed by atoms with van der Waals surface area (Å²) in [6, 6.07) is 1.11. The van der Waals surface area contributed by atoms with Gasteiger partial charge in [0.2, 0.25) is 10.0 Å². The highest BCUT2D eigenvalue weighted by molar-refractivity contribution is 7.89. The number of carboxylic acids is 2. The van der Waals surface area contributed by atoms with E-state index in [-0.39, 0.29) is 4.88 Å². The molecule has 0 spiro atoms. The van der Waals surface area contributed by atoms with Crippen molar-refractivity contribution >= 4 is 33.3 Å². The fourth-order valence-electron chi connectivity index (χ4n) is 0.900. The van der Waals surface area contributed by atoms with Crippen LogP contribution in [0.15, 0.2) is 16.3 Å². The van der Waals surface area contributed by atoms with Crippen LogP contribution < -0.4 is 4.72 Å². The van der Waals surface area contributed by atoms with Gasteiger partial charge >= 0.3 is 11.9 Å². The van der Waals surface area contributed by atoms with Crippen LogP contribution in [0.25, 0.3) is 0 Å². The first-order valence-corrected chi connectivity index (χ1v) is 6.23. The average molecular weight is 265 g/mol. The highest BCUT2D eigenvalue weighted by atomic mass is 32.2. The van der Waals surface area contributed by atoms with Crippen molar-refractivity contribution in [3.8, 4) is 0 Å². The van der Waals surface area contributed by atoms with E-state index in [1.807, 2.05) is 0 Å². The Hall–Kier alpha value is -1.45. The lowest BCUT2D eigenvalue weighted by Gasteiger charge is -2.03. The molecule has 0 unspecified atom stereocenters. The van der Waals surface area contributed by atoms with E-state index in [0.717, 1.165) is 17.4 Å². The van der Waals surface area contributed by atoms with Gasteiger partial charge in [-0.2, -0.15) is 4.72 Å². The molecule has 16 heavy (non-hydrogen) atoms. The monoisotopic (exact) mass is 265 g/mol. The summed E-state index contributed by atoms with van der Waals surface area (Å²) in [4.78, 5) is 20.1. The summed E-state index contributed by atoms with van der Waals surface area (Å²) < 4.78 is 24.8. The minimum absolute atomic E-state index is 0.349. The molecule has 0 aliphatic rings. The van der Waals surface area contributed by atoms with E-state index in [1.165, 1.54) is 5.38 Å². The van der Waals surface area contributed by atoms with Crippen molar-refractivity contribution in [3.05, 3.63) is 16.3 Å². The molecule has 3 N–H and O–H groups in total. The minimum atomic E-state index is -4.09. The Balaban J connectivity index is 3.03. The zero-order valence-corrected chi connectivity index (χ0v) is 9.34. The van der Waals surface area contributed by atoms with Crippen LogP contribution in [-0.4, -0.2) is 37.1 Å². The first kappa shape index (κ1) is 12.6. The minimum Gasteiger partial charge on any atom is -0.480 e. The number of hydrogen-bond donors (Lipinski definition) is 3. The normalized spacial score (nSPS) is 11.2. The predicted octanol–water partition coefficient (Wildman–Crippen LogP) is -0.191. The third-order valence-electron chi connectivity index (χ3n) is 1.53. The van der Waals surface area contributed by atoms with E-state index in [9.17, 15) is 18.0 Å². The number of hydrogen-bond acceptors (Lipinski definition) is 5. The van der Waals surface area contributed by atoms with Crippen LogP contribution in [-0.2, 0) is 14.8 Å². The maximum Gasteiger partial charge on any atom is 0.347 e. The fraction of sp³-hybridized carbons (Fsp3) is 0.143. The van der Waals surface area contributed by atoms with Crippen molar-refractivity contribution in [2.75, 3.05) is 6.54 Å². The van der Waals surface area contributed by atoms with E-state index in [0.29, 0.717) is 0 Å². The van der Waals surface area contributed by atoms with Crippen LogP contribution in [0.3, 0.4) is 0 Å². The standard InChI is InChI=1S/C7H7NO6S2/c9-5(10)3-8-16(13,14)4-1-2-15-6(4)7(11)12/h1-2,8H,3H2,(H,9,10)(H,11,12). The largest absolute Gasteiger partial charge is 0.480 e. The molecule has 0 radical (unpaired) electrons.